The molecule has 31 heavy (non-hydrogen) atoms. The molecule has 0 saturated carbocycles. The van der Waals surface area contributed by atoms with Gasteiger partial charge in [-0.05, 0) is 72.7 Å². The van der Waals surface area contributed by atoms with E-state index in [4.69, 9.17) is 16.6 Å². The quantitative estimate of drug-likeness (QED) is 0.285. The SMILES string of the molecule is Cc1ccc(-c2cc3ccccc3oc2=O)cc1NC(=S)NC(=O)c1ccc(Br)cc1. The minimum absolute atomic E-state index is 0.165. The summed E-state index contributed by atoms with van der Waals surface area (Å²) in [5, 5.41) is 6.72. The number of benzene rings is 3. The van der Waals surface area contributed by atoms with E-state index >= 15 is 0 Å². The zero-order valence-electron chi connectivity index (χ0n) is 16.4. The Morgan fingerprint density at radius 1 is 1.00 bits per heavy atom. The van der Waals surface area contributed by atoms with Gasteiger partial charge in [-0.15, -0.1) is 0 Å². The van der Waals surface area contributed by atoms with Crippen LogP contribution in [0.15, 0.2) is 86.5 Å². The fraction of sp³-hybridized carbons (Fsp3) is 0.0417. The Balaban J connectivity index is 1.57. The predicted octanol–water partition coefficient (Wildman–Crippen LogP) is 5.66. The average molecular weight is 493 g/mol. The molecule has 2 N–H and O–H groups in total. The van der Waals surface area contributed by atoms with E-state index in [1.807, 2.05) is 49.4 Å². The molecule has 1 amide bonds. The van der Waals surface area contributed by atoms with Crippen LogP contribution in [0.3, 0.4) is 0 Å². The molecule has 0 unspecified atom stereocenters. The fourth-order valence-electron chi connectivity index (χ4n) is 3.12. The lowest BCUT2D eigenvalue weighted by molar-refractivity contribution is 0.0977. The molecule has 0 radical (unpaired) electrons. The second kappa shape index (κ2) is 8.83. The van der Waals surface area contributed by atoms with Gasteiger partial charge in [0, 0.05) is 21.1 Å². The summed E-state index contributed by atoms with van der Waals surface area (Å²) in [4.78, 5) is 24.9. The molecule has 4 rings (SSSR count). The standard InChI is InChI=1S/C24H17BrN2O3S/c1-14-6-7-16(19-12-17-4-2-3-5-21(17)30-23(19)29)13-20(14)26-24(31)27-22(28)15-8-10-18(25)11-9-15/h2-13H,1H3,(H2,26,27,28,31). The average Bonchev–Trinajstić information content (AvgIpc) is 2.75. The van der Waals surface area contributed by atoms with E-state index in [2.05, 4.69) is 26.6 Å². The lowest BCUT2D eigenvalue weighted by Crippen LogP contribution is -2.34. The van der Waals surface area contributed by atoms with Crippen molar-refractivity contribution in [1.82, 2.24) is 5.32 Å². The summed E-state index contributed by atoms with van der Waals surface area (Å²) in [6.45, 7) is 1.91. The van der Waals surface area contributed by atoms with Crippen LogP contribution in [0.25, 0.3) is 22.1 Å². The van der Waals surface area contributed by atoms with E-state index < -0.39 is 5.63 Å². The van der Waals surface area contributed by atoms with Crippen LogP contribution in [0, 0.1) is 6.92 Å². The van der Waals surface area contributed by atoms with Gasteiger partial charge in [-0.25, -0.2) is 4.79 Å². The number of nitrogens with one attached hydrogen (secondary N) is 2. The number of carbonyl (C=O) groups is 1. The van der Waals surface area contributed by atoms with Crippen LogP contribution in [0.2, 0.25) is 0 Å². The van der Waals surface area contributed by atoms with Gasteiger partial charge in [-0.1, -0.05) is 46.3 Å². The normalized spacial score (nSPS) is 10.6. The van der Waals surface area contributed by atoms with Crippen LogP contribution in [-0.2, 0) is 0 Å². The number of fused-ring (bicyclic) bond motifs is 1. The lowest BCUT2D eigenvalue weighted by atomic mass is 10.0. The minimum Gasteiger partial charge on any atom is -0.422 e. The number of hydrogen-bond donors (Lipinski definition) is 2. The number of hydrogen-bond acceptors (Lipinski definition) is 4. The summed E-state index contributed by atoms with van der Waals surface area (Å²) in [6, 6.07) is 21.7. The Kier molecular flexibility index (Phi) is 5.97. The monoisotopic (exact) mass is 492 g/mol. The molecule has 0 aliphatic heterocycles. The highest BCUT2D eigenvalue weighted by Gasteiger charge is 2.12. The van der Waals surface area contributed by atoms with Gasteiger partial charge in [0.1, 0.15) is 5.58 Å². The van der Waals surface area contributed by atoms with Crippen molar-refractivity contribution in [2.45, 2.75) is 6.92 Å². The van der Waals surface area contributed by atoms with Gasteiger partial charge >= 0.3 is 5.63 Å². The van der Waals surface area contributed by atoms with E-state index in [0.29, 0.717) is 28.0 Å². The lowest BCUT2D eigenvalue weighted by Gasteiger charge is -2.13. The Morgan fingerprint density at radius 2 is 1.74 bits per heavy atom. The highest BCUT2D eigenvalue weighted by molar-refractivity contribution is 9.10. The van der Waals surface area contributed by atoms with Crippen LogP contribution in [0.5, 0.6) is 0 Å². The van der Waals surface area contributed by atoms with Crippen molar-refractivity contribution in [2.75, 3.05) is 5.32 Å². The molecular formula is C24H17BrN2O3S. The smallest absolute Gasteiger partial charge is 0.344 e. The van der Waals surface area contributed by atoms with Crippen LogP contribution in [-0.4, -0.2) is 11.0 Å². The number of carbonyl (C=O) groups excluding carboxylic acids is 1. The van der Waals surface area contributed by atoms with Crippen LogP contribution >= 0.6 is 28.1 Å². The van der Waals surface area contributed by atoms with Crippen LogP contribution in [0.1, 0.15) is 15.9 Å². The third-order valence-electron chi connectivity index (χ3n) is 4.77. The molecule has 1 heterocycles. The second-order valence-corrected chi connectivity index (χ2v) is 8.25. The molecule has 3 aromatic carbocycles. The van der Waals surface area contributed by atoms with Gasteiger partial charge in [0.15, 0.2) is 5.11 Å². The molecule has 0 spiro atoms. The molecule has 4 aromatic rings. The summed E-state index contributed by atoms with van der Waals surface area (Å²) in [7, 11) is 0. The molecule has 0 aliphatic rings. The van der Waals surface area contributed by atoms with Crippen molar-refractivity contribution >= 4 is 55.8 Å². The highest BCUT2D eigenvalue weighted by atomic mass is 79.9. The third-order valence-corrected chi connectivity index (χ3v) is 5.50. The first kappa shape index (κ1) is 21.0. The number of para-hydroxylation sites is 1. The van der Waals surface area contributed by atoms with Crippen molar-refractivity contribution in [3.05, 3.63) is 98.8 Å². The molecule has 0 atom stereocenters. The van der Waals surface area contributed by atoms with Gasteiger partial charge < -0.3 is 9.73 Å². The topological polar surface area (TPSA) is 71.3 Å². The number of anilines is 1. The summed E-state index contributed by atoms with van der Waals surface area (Å²) in [6.07, 6.45) is 0. The zero-order chi connectivity index (χ0) is 22.0. The van der Waals surface area contributed by atoms with Crippen LogP contribution < -0.4 is 16.3 Å². The maximum Gasteiger partial charge on any atom is 0.344 e. The Hall–Kier alpha value is -3.29. The number of halogens is 1. The highest BCUT2D eigenvalue weighted by Crippen LogP contribution is 2.26. The first-order valence-electron chi connectivity index (χ1n) is 9.42. The molecule has 0 bridgehead atoms. The molecule has 154 valence electrons. The summed E-state index contributed by atoms with van der Waals surface area (Å²) in [5.74, 6) is -0.311. The number of aryl methyl sites for hydroxylation is 1. The Morgan fingerprint density at radius 3 is 2.52 bits per heavy atom. The van der Waals surface area contributed by atoms with Crippen molar-refractivity contribution < 1.29 is 9.21 Å². The maximum absolute atomic E-state index is 12.5. The molecule has 7 heteroatoms. The van der Waals surface area contributed by atoms with Gasteiger partial charge in [0.25, 0.3) is 5.91 Å². The first-order chi connectivity index (χ1) is 14.9. The molecule has 1 aromatic heterocycles. The van der Waals surface area contributed by atoms with Crippen molar-refractivity contribution in [3.8, 4) is 11.1 Å². The van der Waals surface area contributed by atoms with Crippen molar-refractivity contribution in [2.24, 2.45) is 0 Å². The van der Waals surface area contributed by atoms with E-state index in [0.717, 1.165) is 15.4 Å². The first-order valence-corrected chi connectivity index (χ1v) is 10.6. The zero-order valence-corrected chi connectivity index (χ0v) is 18.8. The predicted molar refractivity (Wildman–Crippen MR) is 130 cm³/mol. The van der Waals surface area contributed by atoms with E-state index in [1.165, 1.54) is 0 Å². The minimum atomic E-state index is -0.417. The van der Waals surface area contributed by atoms with Gasteiger partial charge in [-0.3, -0.25) is 10.1 Å². The number of amides is 1. The molecule has 0 saturated heterocycles. The fourth-order valence-corrected chi connectivity index (χ4v) is 3.58. The summed E-state index contributed by atoms with van der Waals surface area (Å²) < 4.78 is 6.33. The molecular weight excluding hydrogens is 476 g/mol. The van der Waals surface area contributed by atoms with Crippen LogP contribution in [0.4, 0.5) is 5.69 Å². The largest absolute Gasteiger partial charge is 0.422 e. The van der Waals surface area contributed by atoms with E-state index in [1.54, 1.807) is 30.3 Å². The van der Waals surface area contributed by atoms with Gasteiger partial charge in [0.05, 0.1) is 5.56 Å². The number of thiocarbonyl (C=S) groups is 1. The van der Waals surface area contributed by atoms with Gasteiger partial charge in [0.2, 0.25) is 0 Å². The van der Waals surface area contributed by atoms with Crippen molar-refractivity contribution in [3.63, 3.8) is 0 Å². The van der Waals surface area contributed by atoms with Crippen molar-refractivity contribution in [1.29, 1.82) is 0 Å². The molecule has 0 fully saturated rings. The molecule has 5 nitrogen and oxygen atoms in total. The second-order valence-electron chi connectivity index (χ2n) is 6.93. The van der Waals surface area contributed by atoms with Gasteiger partial charge in [-0.2, -0.15) is 0 Å². The molecule has 0 aliphatic carbocycles. The summed E-state index contributed by atoms with van der Waals surface area (Å²) >= 11 is 8.66. The third kappa shape index (κ3) is 4.73. The summed E-state index contributed by atoms with van der Waals surface area (Å²) in [5.41, 5.74) is 3.35. The number of rotatable bonds is 3. The van der Waals surface area contributed by atoms with E-state index in [9.17, 15) is 9.59 Å². The van der Waals surface area contributed by atoms with E-state index in [-0.39, 0.29) is 11.0 Å². The maximum atomic E-state index is 12.5. The Labute approximate surface area is 192 Å². The Bertz CT molecular complexity index is 1360.